The summed E-state index contributed by atoms with van der Waals surface area (Å²) in [5.74, 6) is -0.105. The van der Waals surface area contributed by atoms with Crippen LogP contribution in [0.2, 0.25) is 0 Å². The van der Waals surface area contributed by atoms with Crippen molar-refractivity contribution in [3.05, 3.63) is 33.5 Å². The van der Waals surface area contributed by atoms with E-state index in [0.29, 0.717) is 0 Å². The van der Waals surface area contributed by atoms with E-state index in [4.69, 9.17) is 0 Å². The number of hydrogen-bond donors (Lipinski definition) is 0. The molecule has 15 heavy (non-hydrogen) atoms. The third kappa shape index (κ3) is 3.58. The summed E-state index contributed by atoms with van der Waals surface area (Å²) in [6, 6.07) is 3.35. The Morgan fingerprint density at radius 2 is 2.00 bits per heavy atom. The Balaban J connectivity index is 2.71. The van der Waals surface area contributed by atoms with Crippen LogP contribution in [0.15, 0.2) is 16.6 Å². The Hall–Kier alpha value is -0.410. The zero-order valence-corrected chi connectivity index (χ0v) is 11.1. The summed E-state index contributed by atoms with van der Waals surface area (Å²) in [7, 11) is 4.06. The van der Waals surface area contributed by atoms with Crippen LogP contribution < -0.4 is 0 Å². The zero-order valence-electron chi connectivity index (χ0n) is 9.48. The first kappa shape index (κ1) is 12.7. The molecule has 0 atom stereocenters. The van der Waals surface area contributed by atoms with Crippen molar-refractivity contribution in [3.63, 3.8) is 0 Å². The van der Waals surface area contributed by atoms with E-state index in [9.17, 15) is 4.39 Å². The molecule has 0 fully saturated rings. The largest absolute Gasteiger partial charge is 0.309 e. The lowest BCUT2D eigenvalue weighted by Crippen LogP contribution is -2.13. The molecule has 0 saturated carbocycles. The number of hydrogen-bond acceptors (Lipinski definition) is 1. The van der Waals surface area contributed by atoms with Gasteiger partial charge in [-0.3, -0.25) is 0 Å². The Morgan fingerprint density at radius 1 is 1.33 bits per heavy atom. The quantitative estimate of drug-likeness (QED) is 0.813. The molecular weight excluding hydrogens is 257 g/mol. The lowest BCUT2D eigenvalue weighted by molar-refractivity contribution is 0.398. The van der Waals surface area contributed by atoms with E-state index in [1.807, 2.05) is 21.0 Å². The minimum atomic E-state index is -0.105. The average molecular weight is 274 g/mol. The Labute approximate surface area is 99.4 Å². The van der Waals surface area contributed by atoms with Crippen LogP contribution >= 0.6 is 15.9 Å². The molecule has 3 heteroatoms. The number of rotatable bonds is 4. The van der Waals surface area contributed by atoms with Gasteiger partial charge in [-0.1, -0.05) is 22.0 Å². The summed E-state index contributed by atoms with van der Waals surface area (Å²) in [6.45, 7) is 2.97. The minimum absolute atomic E-state index is 0.105. The van der Waals surface area contributed by atoms with Crippen molar-refractivity contribution in [2.75, 3.05) is 20.6 Å². The van der Waals surface area contributed by atoms with Gasteiger partial charge in [-0.25, -0.2) is 4.39 Å². The van der Waals surface area contributed by atoms with Gasteiger partial charge in [0.1, 0.15) is 5.82 Å². The van der Waals surface area contributed by atoms with Crippen LogP contribution in [0.4, 0.5) is 4.39 Å². The first-order chi connectivity index (χ1) is 7.02. The summed E-state index contributed by atoms with van der Waals surface area (Å²) in [5.41, 5.74) is 1.90. The average Bonchev–Trinajstić information content (AvgIpc) is 2.17. The van der Waals surface area contributed by atoms with Crippen molar-refractivity contribution in [1.82, 2.24) is 4.90 Å². The molecule has 0 radical (unpaired) electrons. The molecule has 0 aliphatic carbocycles. The molecular formula is C12H17BrFN. The van der Waals surface area contributed by atoms with Gasteiger partial charge < -0.3 is 4.90 Å². The standard InChI is InChI=1S/C12H17BrFN/c1-9-6-7-11(14)10(12(9)13)5-4-8-15(2)3/h6-7H,4-5,8H2,1-3H3. The number of nitrogens with zero attached hydrogens (tertiary/aromatic N) is 1. The number of halogens is 2. The van der Waals surface area contributed by atoms with Crippen LogP contribution in [-0.2, 0) is 6.42 Å². The van der Waals surface area contributed by atoms with Gasteiger partial charge in [-0.05, 0) is 52.0 Å². The smallest absolute Gasteiger partial charge is 0.127 e. The van der Waals surface area contributed by atoms with Crippen LogP contribution in [0.3, 0.4) is 0 Å². The predicted octanol–water partition coefficient (Wildman–Crippen LogP) is 3.39. The van der Waals surface area contributed by atoms with E-state index in [0.717, 1.165) is 35.0 Å². The maximum Gasteiger partial charge on any atom is 0.127 e. The fraction of sp³-hybridized carbons (Fsp3) is 0.500. The molecule has 0 spiro atoms. The highest BCUT2D eigenvalue weighted by atomic mass is 79.9. The van der Waals surface area contributed by atoms with Crippen molar-refractivity contribution in [1.29, 1.82) is 0 Å². The van der Waals surface area contributed by atoms with Crippen LogP contribution in [0.25, 0.3) is 0 Å². The van der Waals surface area contributed by atoms with Gasteiger partial charge in [0, 0.05) is 10.0 Å². The molecule has 1 aromatic rings. The minimum Gasteiger partial charge on any atom is -0.309 e. The summed E-state index contributed by atoms with van der Waals surface area (Å²) in [4.78, 5) is 2.11. The zero-order chi connectivity index (χ0) is 11.4. The Morgan fingerprint density at radius 3 is 2.60 bits per heavy atom. The van der Waals surface area contributed by atoms with Gasteiger partial charge in [0.2, 0.25) is 0 Å². The highest BCUT2D eigenvalue weighted by Crippen LogP contribution is 2.25. The highest BCUT2D eigenvalue weighted by Gasteiger charge is 2.08. The molecule has 0 heterocycles. The van der Waals surface area contributed by atoms with E-state index < -0.39 is 0 Å². The van der Waals surface area contributed by atoms with Crippen molar-refractivity contribution in [3.8, 4) is 0 Å². The first-order valence-electron chi connectivity index (χ1n) is 5.10. The Kier molecular flexibility index (Phi) is 4.74. The molecule has 0 amide bonds. The molecule has 0 saturated heterocycles. The van der Waals surface area contributed by atoms with Gasteiger partial charge in [0.25, 0.3) is 0 Å². The second kappa shape index (κ2) is 5.61. The molecule has 1 nitrogen and oxygen atoms in total. The van der Waals surface area contributed by atoms with Gasteiger partial charge in [-0.2, -0.15) is 0 Å². The number of aryl methyl sites for hydroxylation is 1. The topological polar surface area (TPSA) is 3.24 Å². The van der Waals surface area contributed by atoms with Gasteiger partial charge in [-0.15, -0.1) is 0 Å². The van der Waals surface area contributed by atoms with Gasteiger partial charge >= 0.3 is 0 Å². The van der Waals surface area contributed by atoms with Crippen molar-refractivity contribution < 1.29 is 4.39 Å². The molecule has 0 unspecified atom stereocenters. The lowest BCUT2D eigenvalue weighted by Gasteiger charge is -2.11. The highest BCUT2D eigenvalue weighted by molar-refractivity contribution is 9.10. The third-order valence-electron chi connectivity index (χ3n) is 2.41. The van der Waals surface area contributed by atoms with E-state index in [-0.39, 0.29) is 5.82 Å². The van der Waals surface area contributed by atoms with Crippen LogP contribution in [0, 0.1) is 12.7 Å². The maximum absolute atomic E-state index is 13.5. The van der Waals surface area contributed by atoms with Gasteiger partial charge in [0.15, 0.2) is 0 Å². The van der Waals surface area contributed by atoms with E-state index in [1.165, 1.54) is 0 Å². The lowest BCUT2D eigenvalue weighted by atomic mass is 10.1. The fourth-order valence-electron chi connectivity index (χ4n) is 1.52. The monoisotopic (exact) mass is 273 g/mol. The van der Waals surface area contributed by atoms with Crippen molar-refractivity contribution in [2.45, 2.75) is 19.8 Å². The molecule has 0 aliphatic heterocycles. The summed E-state index contributed by atoms with van der Waals surface area (Å²) < 4.78 is 14.4. The van der Waals surface area contributed by atoms with Crippen LogP contribution in [-0.4, -0.2) is 25.5 Å². The van der Waals surface area contributed by atoms with Gasteiger partial charge in [0.05, 0.1) is 0 Å². The fourth-order valence-corrected chi connectivity index (χ4v) is 2.04. The third-order valence-corrected chi connectivity index (χ3v) is 3.52. The van der Waals surface area contributed by atoms with Crippen LogP contribution in [0.5, 0.6) is 0 Å². The van der Waals surface area contributed by atoms with E-state index in [1.54, 1.807) is 12.1 Å². The first-order valence-corrected chi connectivity index (χ1v) is 5.90. The molecule has 0 N–H and O–H groups in total. The molecule has 0 aromatic heterocycles. The predicted molar refractivity (Wildman–Crippen MR) is 65.7 cm³/mol. The molecule has 0 bridgehead atoms. The summed E-state index contributed by atoms with van der Waals surface area (Å²) in [6.07, 6.45) is 1.76. The molecule has 1 rings (SSSR count). The summed E-state index contributed by atoms with van der Waals surface area (Å²) >= 11 is 3.44. The normalized spacial score (nSPS) is 11.1. The summed E-state index contributed by atoms with van der Waals surface area (Å²) in [5, 5.41) is 0. The molecule has 84 valence electrons. The maximum atomic E-state index is 13.5. The molecule has 1 aromatic carbocycles. The SMILES string of the molecule is Cc1ccc(F)c(CCCN(C)C)c1Br. The Bertz CT molecular complexity index is 337. The van der Waals surface area contributed by atoms with E-state index >= 15 is 0 Å². The van der Waals surface area contributed by atoms with E-state index in [2.05, 4.69) is 20.8 Å². The molecule has 0 aliphatic rings. The second-order valence-corrected chi connectivity index (χ2v) is 4.86. The van der Waals surface area contributed by atoms with Crippen LogP contribution in [0.1, 0.15) is 17.5 Å². The number of benzene rings is 1. The van der Waals surface area contributed by atoms with Crippen molar-refractivity contribution in [2.24, 2.45) is 0 Å². The van der Waals surface area contributed by atoms with Crippen molar-refractivity contribution >= 4 is 15.9 Å². The second-order valence-electron chi connectivity index (χ2n) is 4.06.